The Hall–Kier alpha value is -3.35. The van der Waals surface area contributed by atoms with Crippen molar-refractivity contribution in [2.24, 2.45) is 7.05 Å². The van der Waals surface area contributed by atoms with Crippen LogP contribution in [0.5, 0.6) is 0 Å². The molecule has 0 saturated heterocycles. The lowest BCUT2D eigenvalue weighted by atomic mass is 9.99. The van der Waals surface area contributed by atoms with Gasteiger partial charge in [0.25, 0.3) is 0 Å². The molecule has 0 bridgehead atoms. The van der Waals surface area contributed by atoms with E-state index in [1.54, 1.807) is 18.3 Å². The van der Waals surface area contributed by atoms with Crippen molar-refractivity contribution in [3.63, 3.8) is 0 Å². The van der Waals surface area contributed by atoms with E-state index in [9.17, 15) is 13.2 Å². The fourth-order valence-corrected chi connectivity index (χ4v) is 3.06. The lowest BCUT2D eigenvalue weighted by Gasteiger charge is -2.13. The number of nitrogens with zero attached hydrogens (tertiary/aromatic N) is 3. The Morgan fingerprint density at radius 1 is 1.04 bits per heavy atom. The Morgan fingerprint density at radius 2 is 1.81 bits per heavy atom. The highest BCUT2D eigenvalue weighted by atomic mass is 19.1. The summed E-state index contributed by atoms with van der Waals surface area (Å²) in [6.45, 7) is 0.399. The molecular formula is C20H15F3N4. The van der Waals surface area contributed by atoms with Gasteiger partial charge in [-0.05, 0) is 23.8 Å². The average molecular weight is 368 g/mol. The first kappa shape index (κ1) is 17.1. The molecule has 2 aromatic heterocycles. The SMILES string of the molecule is Cn1ccnc1CNc1ncc(-c2cc(F)cc(F)c2)c2c(F)cccc12. The second-order valence-corrected chi connectivity index (χ2v) is 6.15. The molecule has 0 aliphatic rings. The van der Waals surface area contributed by atoms with Gasteiger partial charge in [-0.2, -0.15) is 0 Å². The number of halogens is 3. The van der Waals surface area contributed by atoms with Gasteiger partial charge in [0.1, 0.15) is 29.1 Å². The van der Waals surface area contributed by atoms with Gasteiger partial charge in [0.15, 0.2) is 0 Å². The predicted octanol–water partition coefficient (Wildman–Crippen LogP) is 4.66. The summed E-state index contributed by atoms with van der Waals surface area (Å²) in [5.41, 5.74) is 0.551. The zero-order chi connectivity index (χ0) is 19.0. The highest BCUT2D eigenvalue weighted by Gasteiger charge is 2.15. The van der Waals surface area contributed by atoms with Gasteiger partial charge in [0.05, 0.1) is 6.54 Å². The molecule has 7 heteroatoms. The van der Waals surface area contributed by atoms with Crippen LogP contribution in [-0.4, -0.2) is 14.5 Å². The van der Waals surface area contributed by atoms with Gasteiger partial charge < -0.3 is 9.88 Å². The summed E-state index contributed by atoms with van der Waals surface area (Å²) in [6, 6.07) is 7.69. The molecule has 4 aromatic rings. The minimum absolute atomic E-state index is 0.228. The van der Waals surface area contributed by atoms with E-state index in [-0.39, 0.29) is 10.9 Å². The Morgan fingerprint density at radius 3 is 2.52 bits per heavy atom. The Labute approximate surface area is 153 Å². The van der Waals surface area contributed by atoms with Crippen LogP contribution < -0.4 is 5.32 Å². The third kappa shape index (κ3) is 3.23. The molecule has 0 unspecified atom stereocenters. The highest BCUT2D eigenvalue weighted by molar-refractivity contribution is 6.02. The quantitative estimate of drug-likeness (QED) is 0.569. The van der Waals surface area contributed by atoms with Crippen molar-refractivity contribution < 1.29 is 13.2 Å². The molecule has 1 N–H and O–H groups in total. The van der Waals surface area contributed by atoms with Gasteiger partial charge in [-0.25, -0.2) is 23.1 Å². The summed E-state index contributed by atoms with van der Waals surface area (Å²) in [5, 5.41) is 3.92. The molecule has 4 rings (SSSR count). The molecule has 2 aromatic carbocycles. The van der Waals surface area contributed by atoms with Crippen molar-refractivity contribution in [1.82, 2.24) is 14.5 Å². The number of fused-ring (bicyclic) bond motifs is 1. The van der Waals surface area contributed by atoms with Crippen LogP contribution in [0.3, 0.4) is 0 Å². The number of pyridine rings is 1. The van der Waals surface area contributed by atoms with Crippen molar-refractivity contribution in [2.75, 3.05) is 5.32 Å². The van der Waals surface area contributed by atoms with Crippen LogP contribution in [0.1, 0.15) is 5.82 Å². The average Bonchev–Trinajstić information content (AvgIpc) is 3.04. The maximum Gasteiger partial charge on any atom is 0.134 e. The number of anilines is 1. The second-order valence-electron chi connectivity index (χ2n) is 6.15. The van der Waals surface area contributed by atoms with Gasteiger partial charge in [0, 0.05) is 48.0 Å². The smallest absolute Gasteiger partial charge is 0.134 e. The van der Waals surface area contributed by atoms with Gasteiger partial charge in [-0.15, -0.1) is 0 Å². The molecule has 0 amide bonds. The number of benzene rings is 2. The van der Waals surface area contributed by atoms with Crippen LogP contribution in [0.25, 0.3) is 21.9 Å². The normalized spacial score (nSPS) is 11.1. The first-order valence-electron chi connectivity index (χ1n) is 8.26. The minimum Gasteiger partial charge on any atom is -0.362 e. The van der Waals surface area contributed by atoms with E-state index in [4.69, 9.17) is 0 Å². The molecule has 0 radical (unpaired) electrons. The third-order valence-corrected chi connectivity index (χ3v) is 4.37. The van der Waals surface area contributed by atoms with E-state index in [1.807, 2.05) is 17.8 Å². The number of imidazole rings is 1. The summed E-state index contributed by atoms with van der Waals surface area (Å²) >= 11 is 0. The van der Waals surface area contributed by atoms with Crippen molar-refractivity contribution in [2.45, 2.75) is 6.54 Å². The summed E-state index contributed by atoms with van der Waals surface area (Å²) in [5.74, 6) is -0.696. The lowest BCUT2D eigenvalue weighted by Crippen LogP contribution is -2.07. The third-order valence-electron chi connectivity index (χ3n) is 4.37. The van der Waals surface area contributed by atoms with E-state index in [0.717, 1.165) is 24.0 Å². The monoisotopic (exact) mass is 368 g/mol. The van der Waals surface area contributed by atoms with Crippen molar-refractivity contribution >= 4 is 16.6 Å². The molecule has 0 spiro atoms. The van der Waals surface area contributed by atoms with Gasteiger partial charge in [-0.1, -0.05) is 12.1 Å². The topological polar surface area (TPSA) is 42.7 Å². The molecule has 0 fully saturated rings. The molecule has 2 heterocycles. The molecule has 0 aliphatic carbocycles. The fourth-order valence-electron chi connectivity index (χ4n) is 3.06. The van der Waals surface area contributed by atoms with Crippen LogP contribution in [0.4, 0.5) is 19.0 Å². The van der Waals surface area contributed by atoms with Gasteiger partial charge >= 0.3 is 0 Å². The summed E-state index contributed by atoms with van der Waals surface area (Å²) in [6.07, 6.45) is 4.92. The largest absolute Gasteiger partial charge is 0.362 e. The van der Waals surface area contributed by atoms with Gasteiger partial charge in [0.2, 0.25) is 0 Å². The predicted molar refractivity (Wildman–Crippen MR) is 97.6 cm³/mol. The molecule has 27 heavy (non-hydrogen) atoms. The Balaban J connectivity index is 1.82. The summed E-state index contributed by atoms with van der Waals surface area (Å²) in [4.78, 5) is 8.58. The zero-order valence-corrected chi connectivity index (χ0v) is 14.4. The first-order chi connectivity index (χ1) is 13.0. The molecule has 4 nitrogen and oxygen atoms in total. The lowest BCUT2D eigenvalue weighted by molar-refractivity contribution is 0.584. The Kier molecular flexibility index (Phi) is 4.27. The van der Waals surface area contributed by atoms with Crippen LogP contribution >= 0.6 is 0 Å². The number of hydrogen-bond acceptors (Lipinski definition) is 3. The number of nitrogens with one attached hydrogen (secondary N) is 1. The molecule has 136 valence electrons. The fraction of sp³-hybridized carbons (Fsp3) is 0.100. The number of rotatable bonds is 4. The van der Waals surface area contributed by atoms with Crippen molar-refractivity contribution in [1.29, 1.82) is 0 Å². The molecule has 0 aliphatic heterocycles. The summed E-state index contributed by atoms with van der Waals surface area (Å²) in [7, 11) is 1.87. The molecule has 0 saturated carbocycles. The number of hydrogen-bond donors (Lipinski definition) is 1. The molecular weight excluding hydrogens is 353 g/mol. The van der Waals surface area contributed by atoms with Crippen LogP contribution in [0, 0.1) is 17.5 Å². The van der Waals surface area contributed by atoms with Crippen LogP contribution in [-0.2, 0) is 13.6 Å². The van der Waals surface area contributed by atoms with Crippen LogP contribution in [0.15, 0.2) is 55.0 Å². The summed E-state index contributed by atoms with van der Waals surface area (Å²) < 4.78 is 43.8. The van der Waals surface area contributed by atoms with Crippen molar-refractivity contribution in [3.05, 3.63) is 78.3 Å². The highest BCUT2D eigenvalue weighted by Crippen LogP contribution is 2.34. The second kappa shape index (κ2) is 6.75. The number of aromatic nitrogens is 3. The Bertz CT molecular complexity index is 1120. The molecule has 0 atom stereocenters. The van der Waals surface area contributed by atoms with E-state index < -0.39 is 17.5 Å². The number of aryl methyl sites for hydroxylation is 1. The first-order valence-corrected chi connectivity index (χ1v) is 8.26. The van der Waals surface area contributed by atoms with Crippen molar-refractivity contribution in [3.8, 4) is 11.1 Å². The van der Waals surface area contributed by atoms with E-state index >= 15 is 0 Å². The van der Waals surface area contributed by atoms with Gasteiger partial charge in [-0.3, -0.25) is 0 Å². The standard InChI is InChI=1S/C20H15F3N4/c1-27-6-5-24-18(27)11-26-20-15-3-2-4-17(23)19(15)16(10-25-20)12-7-13(21)9-14(22)8-12/h2-10H,11H2,1H3,(H,25,26). The van der Waals surface area contributed by atoms with E-state index in [0.29, 0.717) is 23.3 Å². The maximum absolute atomic E-state index is 14.6. The minimum atomic E-state index is -0.730. The maximum atomic E-state index is 14.6. The van der Waals surface area contributed by atoms with E-state index in [2.05, 4.69) is 15.3 Å². The zero-order valence-electron chi connectivity index (χ0n) is 14.4. The van der Waals surface area contributed by atoms with E-state index in [1.165, 1.54) is 12.3 Å². The van der Waals surface area contributed by atoms with Crippen LogP contribution in [0.2, 0.25) is 0 Å².